The van der Waals surface area contributed by atoms with Crippen molar-refractivity contribution in [1.29, 1.82) is 0 Å². The van der Waals surface area contributed by atoms with Gasteiger partial charge < -0.3 is 15.3 Å². The van der Waals surface area contributed by atoms with Gasteiger partial charge in [-0.3, -0.25) is 19.7 Å². The Bertz CT molecular complexity index is 1600. The second kappa shape index (κ2) is 13.2. The molecule has 1 fully saturated rings. The van der Waals surface area contributed by atoms with Gasteiger partial charge in [-0.15, -0.1) is 11.8 Å². The number of amides is 2. The Morgan fingerprint density at radius 2 is 1.77 bits per heavy atom. The van der Waals surface area contributed by atoms with Crippen molar-refractivity contribution in [3.8, 4) is 0 Å². The number of non-ortho nitro benzene ring substituents is 1. The molecule has 0 radical (unpaired) electrons. The van der Waals surface area contributed by atoms with E-state index in [4.69, 9.17) is 0 Å². The number of nitro groups is 1. The Kier molecular flexibility index (Phi) is 9.90. The predicted octanol–water partition coefficient (Wildman–Crippen LogP) is 3.15. The minimum atomic E-state index is -4.40. The first-order valence-electron chi connectivity index (χ1n) is 13.6. The summed E-state index contributed by atoms with van der Waals surface area (Å²) >= 11 is 1.38. The molecule has 3 N–H and O–H groups in total. The van der Waals surface area contributed by atoms with Crippen LogP contribution in [0, 0.1) is 17.0 Å². The zero-order valence-corrected chi connectivity index (χ0v) is 25.6. The van der Waals surface area contributed by atoms with Gasteiger partial charge in [0.15, 0.2) is 0 Å². The number of benzene rings is 3. The van der Waals surface area contributed by atoms with E-state index < -0.39 is 55.4 Å². The summed E-state index contributed by atoms with van der Waals surface area (Å²) < 4.78 is 28.4. The monoisotopic (exact) mass is 626 g/mol. The van der Waals surface area contributed by atoms with Crippen LogP contribution < -0.4 is 10.0 Å². The maximum atomic E-state index is 13.8. The summed E-state index contributed by atoms with van der Waals surface area (Å²) in [6.07, 6.45) is -1.92. The van der Waals surface area contributed by atoms with Gasteiger partial charge in [0.2, 0.25) is 15.9 Å². The lowest BCUT2D eigenvalue weighted by Crippen LogP contribution is -2.58. The molecule has 1 saturated heterocycles. The van der Waals surface area contributed by atoms with E-state index in [-0.39, 0.29) is 23.7 Å². The third kappa shape index (κ3) is 7.60. The predicted molar refractivity (Wildman–Crippen MR) is 164 cm³/mol. The number of carbonyl (C=O) groups is 2. The van der Waals surface area contributed by atoms with E-state index >= 15 is 0 Å². The van der Waals surface area contributed by atoms with Crippen LogP contribution in [-0.2, 0) is 32.6 Å². The van der Waals surface area contributed by atoms with E-state index in [1.807, 2.05) is 45.0 Å². The largest absolute Gasteiger partial charge is 0.382 e. The summed E-state index contributed by atoms with van der Waals surface area (Å²) in [6.45, 7) is 5.86. The number of aryl methyl sites for hydroxylation is 1. The Morgan fingerprint density at radius 1 is 1.09 bits per heavy atom. The smallest absolute Gasteiger partial charge is 0.270 e. The average molecular weight is 627 g/mol. The number of carbonyl (C=O) groups excluding carboxylic acids is 2. The Balaban J connectivity index is 1.59. The number of nitrogens with zero attached hydrogens (tertiary/aromatic N) is 2. The van der Waals surface area contributed by atoms with E-state index in [0.717, 1.165) is 23.3 Å². The first-order valence-corrected chi connectivity index (χ1v) is 16.0. The lowest BCUT2D eigenvalue weighted by Gasteiger charge is -2.33. The van der Waals surface area contributed by atoms with Gasteiger partial charge in [0.25, 0.3) is 11.6 Å². The van der Waals surface area contributed by atoms with E-state index in [2.05, 4.69) is 10.0 Å². The van der Waals surface area contributed by atoms with Crippen molar-refractivity contribution >= 4 is 39.3 Å². The van der Waals surface area contributed by atoms with Crippen LogP contribution >= 0.6 is 11.8 Å². The second-order valence-corrected chi connectivity index (χ2v) is 14.2. The lowest BCUT2D eigenvalue weighted by molar-refractivity contribution is -0.385. The van der Waals surface area contributed by atoms with Crippen molar-refractivity contribution < 1.29 is 28.0 Å². The summed E-state index contributed by atoms with van der Waals surface area (Å²) in [6, 6.07) is 18.5. The molecule has 3 atom stereocenters. The number of nitro benzene ring substituents is 1. The lowest BCUT2D eigenvalue weighted by atomic mass is 9.97. The van der Waals surface area contributed by atoms with Gasteiger partial charge in [-0.1, -0.05) is 60.7 Å². The summed E-state index contributed by atoms with van der Waals surface area (Å²) in [5, 5.41) is 25.5. The third-order valence-corrected chi connectivity index (χ3v) is 10.2. The summed E-state index contributed by atoms with van der Waals surface area (Å²) in [5.41, 5.74) is 2.15. The zero-order chi connectivity index (χ0) is 31.4. The number of nitrogens with one attached hydrogen (secondary N) is 2. The minimum absolute atomic E-state index is 0.0591. The molecular formula is C30H34N4O7S2. The molecule has 1 aliphatic heterocycles. The fourth-order valence-corrected chi connectivity index (χ4v) is 7.38. The van der Waals surface area contributed by atoms with Crippen molar-refractivity contribution in [3.05, 3.63) is 106 Å². The molecule has 1 aliphatic rings. The topological polar surface area (TPSA) is 159 Å². The maximum absolute atomic E-state index is 13.8. The molecule has 0 saturated carbocycles. The summed E-state index contributed by atoms with van der Waals surface area (Å²) in [7, 11) is -4.40. The number of sulfonamides is 1. The molecule has 4 rings (SSSR count). The van der Waals surface area contributed by atoms with Crippen LogP contribution in [-0.4, -0.2) is 64.0 Å². The van der Waals surface area contributed by atoms with Gasteiger partial charge in [0, 0.05) is 23.4 Å². The molecule has 11 nitrogen and oxygen atoms in total. The molecule has 0 bridgehead atoms. The molecule has 3 aromatic carbocycles. The minimum Gasteiger partial charge on any atom is -0.382 e. The number of hydrogen-bond donors (Lipinski definition) is 3. The molecule has 0 aromatic heterocycles. The number of thioether (sulfide) groups is 1. The highest BCUT2D eigenvalue weighted by atomic mass is 32.2. The van der Waals surface area contributed by atoms with Crippen molar-refractivity contribution in [1.82, 2.24) is 14.9 Å². The molecule has 3 aromatic rings. The van der Waals surface area contributed by atoms with Crippen molar-refractivity contribution in [3.63, 3.8) is 0 Å². The van der Waals surface area contributed by atoms with Crippen molar-refractivity contribution in [2.24, 2.45) is 0 Å². The SMILES string of the molecule is Cc1ccccc1CNC(=O)C1N(C(=O)C(O)C(Cc2ccccc2)NS(=O)(=O)c2cccc([N+](=O)[O-])c2)CSC1(C)C. The summed E-state index contributed by atoms with van der Waals surface area (Å²) in [4.78, 5) is 38.7. The van der Waals surface area contributed by atoms with Crippen LogP contribution in [0.2, 0.25) is 0 Å². The van der Waals surface area contributed by atoms with Gasteiger partial charge in [0.05, 0.1) is 21.7 Å². The number of rotatable bonds is 11. The number of hydrogen-bond acceptors (Lipinski definition) is 8. The Labute approximate surface area is 254 Å². The average Bonchev–Trinajstić information content (AvgIpc) is 3.30. The molecule has 228 valence electrons. The first-order chi connectivity index (χ1) is 20.3. The standard InChI is InChI=1S/C30H34N4O7S2/c1-20-10-7-8-13-22(20)18-31-28(36)27-30(2,3)42-19-33(27)29(37)26(35)25(16-21-11-5-4-6-12-21)32-43(40,41)24-15-9-14-23(17-24)34(38)39/h4-15,17,25-27,32,35H,16,18-19H2,1-3H3,(H,31,36). The number of aliphatic hydroxyl groups is 1. The quantitative estimate of drug-likeness (QED) is 0.216. The maximum Gasteiger partial charge on any atom is 0.270 e. The number of aliphatic hydroxyl groups excluding tert-OH is 1. The van der Waals surface area contributed by atoms with Gasteiger partial charge >= 0.3 is 0 Å². The fraction of sp³-hybridized carbons (Fsp3) is 0.333. The van der Waals surface area contributed by atoms with Crippen molar-refractivity contribution in [2.45, 2.75) is 61.6 Å². The van der Waals surface area contributed by atoms with E-state index in [9.17, 15) is 33.2 Å². The van der Waals surface area contributed by atoms with Crippen LogP contribution in [0.4, 0.5) is 5.69 Å². The highest BCUT2D eigenvalue weighted by Gasteiger charge is 2.50. The summed E-state index contributed by atoms with van der Waals surface area (Å²) in [5.74, 6) is -1.09. The fourth-order valence-electron chi connectivity index (χ4n) is 4.96. The van der Waals surface area contributed by atoms with Crippen LogP contribution in [0.25, 0.3) is 0 Å². The Hall–Kier alpha value is -3.78. The molecule has 1 heterocycles. The van der Waals surface area contributed by atoms with Gasteiger partial charge in [-0.05, 0) is 49.9 Å². The molecule has 2 amide bonds. The van der Waals surface area contributed by atoms with Crippen LogP contribution in [0.1, 0.15) is 30.5 Å². The van der Waals surface area contributed by atoms with Crippen molar-refractivity contribution in [2.75, 3.05) is 5.88 Å². The van der Waals surface area contributed by atoms with E-state index in [0.29, 0.717) is 5.56 Å². The Morgan fingerprint density at radius 3 is 2.44 bits per heavy atom. The highest BCUT2D eigenvalue weighted by molar-refractivity contribution is 8.00. The van der Waals surface area contributed by atoms with Gasteiger partial charge in [-0.25, -0.2) is 13.1 Å². The normalized spacial score (nSPS) is 17.7. The second-order valence-electron chi connectivity index (χ2n) is 10.8. The molecule has 0 spiro atoms. The van der Waals surface area contributed by atoms with E-state index in [1.54, 1.807) is 30.3 Å². The van der Waals surface area contributed by atoms with E-state index in [1.165, 1.54) is 28.8 Å². The molecule has 43 heavy (non-hydrogen) atoms. The highest BCUT2D eigenvalue weighted by Crippen LogP contribution is 2.40. The third-order valence-electron chi connectivity index (χ3n) is 7.37. The molecule has 3 unspecified atom stereocenters. The van der Waals surface area contributed by atoms with Gasteiger partial charge in [0.1, 0.15) is 12.1 Å². The van der Waals surface area contributed by atoms with Gasteiger partial charge in [-0.2, -0.15) is 0 Å². The molecular weight excluding hydrogens is 592 g/mol. The van der Waals surface area contributed by atoms with Crippen LogP contribution in [0.3, 0.4) is 0 Å². The first kappa shape index (κ1) is 32.1. The molecule has 13 heteroatoms. The van der Waals surface area contributed by atoms with Crippen LogP contribution in [0.15, 0.2) is 83.8 Å². The van der Waals surface area contributed by atoms with Crippen LogP contribution in [0.5, 0.6) is 0 Å². The molecule has 0 aliphatic carbocycles. The zero-order valence-electron chi connectivity index (χ0n) is 24.0.